The molecular formula is C19H36N8O7. The lowest BCUT2D eigenvalue weighted by atomic mass is 10.1. The van der Waals surface area contributed by atoms with E-state index in [1.807, 2.05) is 0 Å². The van der Waals surface area contributed by atoms with Gasteiger partial charge in [-0.05, 0) is 45.6 Å². The number of hydrogen-bond acceptors (Lipinski definition) is 8. The van der Waals surface area contributed by atoms with Gasteiger partial charge in [-0.25, -0.2) is 4.79 Å². The van der Waals surface area contributed by atoms with Crippen molar-refractivity contribution in [2.45, 2.75) is 69.6 Å². The van der Waals surface area contributed by atoms with Crippen LogP contribution in [0.3, 0.4) is 0 Å². The summed E-state index contributed by atoms with van der Waals surface area (Å²) in [5, 5.41) is 24.8. The van der Waals surface area contributed by atoms with Crippen molar-refractivity contribution in [2.75, 3.05) is 13.1 Å². The number of guanidine groups is 1. The van der Waals surface area contributed by atoms with Gasteiger partial charge in [-0.3, -0.25) is 24.2 Å². The molecule has 194 valence electrons. The predicted molar refractivity (Wildman–Crippen MR) is 122 cm³/mol. The van der Waals surface area contributed by atoms with Gasteiger partial charge in [-0.15, -0.1) is 0 Å². The van der Waals surface area contributed by atoms with E-state index in [1.165, 1.54) is 6.92 Å². The maximum Gasteiger partial charge on any atom is 0.326 e. The average molecular weight is 489 g/mol. The van der Waals surface area contributed by atoms with Gasteiger partial charge in [0, 0.05) is 6.54 Å². The minimum atomic E-state index is -1.67. The molecule has 0 bridgehead atoms. The van der Waals surface area contributed by atoms with Crippen molar-refractivity contribution in [3.63, 3.8) is 0 Å². The number of aliphatic imine (C=N–C) groups is 1. The first-order valence-corrected chi connectivity index (χ1v) is 10.8. The quantitative estimate of drug-likeness (QED) is 0.0550. The molecule has 0 aromatic carbocycles. The van der Waals surface area contributed by atoms with Crippen molar-refractivity contribution in [3.8, 4) is 0 Å². The lowest BCUT2D eigenvalue weighted by Gasteiger charge is -2.23. The molecule has 0 aliphatic heterocycles. The van der Waals surface area contributed by atoms with E-state index in [4.69, 9.17) is 33.1 Å². The number of nitrogens with zero attached hydrogens (tertiary/aromatic N) is 1. The second-order valence-electron chi connectivity index (χ2n) is 7.63. The topological polar surface area (TPSA) is 278 Å². The number of unbranched alkanes of at least 4 members (excludes halogenated alkanes) is 1. The van der Waals surface area contributed by atoms with Crippen LogP contribution in [0.5, 0.6) is 0 Å². The van der Waals surface area contributed by atoms with Crippen molar-refractivity contribution in [3.05, 3.63) is 0 Å². The molecule has 3 amide bonds. The average Bonchev–Trinajstić information content (AvgIpc) is 2.74. The smallest absolute Gasteiger partial charge is 0.326 e. The Bertz CT molecular complexity index is 742. The monoisotopic (exact) mass is 488 g/mol. The molecule has 4 atom stereocenters. The molecule has 4 unspecified atom stereocenters. The second kappa shape index (κ2) is 16.2. The summed E-state index contributed by atoms with van der Waals surface area (Å²) in [5.41, 5.74) is 21.8. The molecule has 0 rings (SSSR count). The Morgan fingerprint density at radius 1 is 0.853 bits per heavy atom. The zero-order valence-corrected chi connectivity index (χ0v) is 19.2. The van der Waals surface area contributed by atoms with Gasteiger partial charge in [-0.1, -0.05) is 0 Å². The van der Waals surface area contributed by atoms with Crippen LogP contribution in [0.4, 0.5) is 0 Å². The third kappa shape index (κ3) is 13.2. The molecule has 0 saturated heterocycles. The maximum atomic E-state index is 12.7. The number of carboxylic acid groups (broad SMARTS) is 2. The summed E-state index contributed by atoms with van der Waals surface area (Å²) in [7, 11) is 0. The predicted octanol–water partition coefficient (Wildman–Crippen LogP) is -3.47. The van der Waals surface area contributed by atoms with Gasteiger partial charge in [0.15, 0.2) is 5.96 Å². The fraction of sp³-hybridized carbons (Fsp3) is 0.684. The Balaban J connectivity index is 5.04. The summed E-state index contributed by atoms with van der Waals surface area (Å²) in [4.78, 5) is 63.1. The molecule has 0 fully saturated rings. The van der Waals surface area contributed by atoms with Crippen molar-refractivity contribution in [1.82, 2.24) is 16.0 Å². The highest BCUT2D eigenvalue weighted by atomic mass is 16.4. The van der Waals surface area contributed by atoms with E-state index in [0.29, 0.717) is 25.8 Å². The maximum absolute atomic E-state index is 12.7. The van der Waals surface area contributed by atoms with Crippen LogP contribution in [0.1, 0.15) is 45.4 Å². The van der Waals surface area contributed by atoms with Gasteiger partial charge < -0.3 is 49.1 Å². The highest BCUT2D eigenvalue weighted by Gasteiger charge is 2.29. The summed E-state index contributed by atoms with van der Waals surface area (Å²) in [6.45, 7) is 1.96. The van der Waals surface area contributed by atoms with Gasteiger partial charge in [-0.2, -0.15) is 0 Å². The van der Waals surface area contributed by atoms with E-state index >= 15 is 0 Å². The van der Waals surface area contributed by atoms with Crippen LogP contribution in [0.25, 0.3) is 0 Å². The van der Waals surface area contributed by atoms with E-state index in [2.05, 4.69) is 20.9 Å². The minimum absolute atomic E-state index is 0.0783. The third-order valence-electron chi connectivity index (χ3n) is 4.63. The molecular weight excluding hydrogens is 452 g/mol. The number of nitrogens with one attached hydrogen (secondary N) is 3. The van der Waals surface area contributed by atoms with Crippen LogP contribution in [0.2, 0.25) is 0 Å². The first kappa shape index (κ1) is 30.5. The summed E-state index contributed by atoms with van der Waals surface area (Å²) < 4.78 is 0. The van der Waals surface area contributed by atoms with Crippen LogP contribution in [-0.4, -0.2) is 83.1 Å². The molecule has 0 saturated carbocycles. The van der Waals surface area contributed by atoms with Crippen LogP contribution >= 0.6 is 0 Å². The van der Waals surface area contributed by atoms with Crippen LogP contribution in [-0.2, 0) is 24.0 Å². The fourth-order valence-electron chi connectivity index (χ4n) is 2.74. The van der Waals surface area contributed by atoms with Gasteiger partial charge >= 0.3 is 11.9 Å². The first-order chi connectivity index (χ1) is 15.9. The molecule has 0 heterocycles. The highest BCUT2D eigenvalue weighted by Crippen LogP contribution is 2.04. The lowest BCUT2D eigenvalue weighted by molar-refractivity contribution is -0.147. The summed E-state index contributed by atoms with van der Waals surface area (Å²) in [6.07, 6.45) is 1.19. The molecule has 15 heteroatoms. The van der Waals surface area contributed by atoms with Crippen molar-refractivity contribution in [2.24, 2.45) is 27.9 Å². The Morgan fingerprint density at radius 3 is 2.00 bits per heavy atom. The summed E-state index contributed by atoms with van der Waals surface area (Å²) in [5.74, 6) is -5.19. The Kier molecular flexibility index (Phi) is 14.6. The first-order valence-electron chi connectivity index (χ1n) is 10.8. The molecule has 0 radical (unpaired) electrons. The molecule has 15 nitrogen and oxygen atoms in total. The number of amides is 3. The number of carbonyl (C=O) groups is 5. The van der Waals surface area contributed by atoms with E-state index in [0.717, 1.165) is 0 Å². The summed E-state index contributed by atoms with van der Waals surface area (Å²) in [6, 6.07) is -4.81. The number of rotatable bonds is 17. The molecule has 0 aliphatic carbocycles. The van der Waals surface area contributed by atoms with E-state index in [1.54, 1.807) is 0 Å². The third-order valence-corrected chi connectivity index (χ3v) is 4.63. The zero-order valence-electron chi connectivity index (χ0n) is 19.2. The van der Waals surface area contributed by atoms with E-state index < -0.39 is 60.2 Å². The van der Waals surface area contributed by atoms with Crippen LogP contribution in [0.15, 0.2) is 4.99 Å². The molecule has 0 aromatic heterocycles. The molecule has 0 aliphatic rings. The lowest BCUT2D eigenvalue weighted by Crippen LogP contribution is -2.56. The standard InChI is InChI=1S/C19H36N8O7/c1-10(15(30)27-13(18(33)34)9-14(28)29)25-17(32)12(6-2-3-7-20)26-16(31)11(21)5-4-8-24-19(22)23/h10-13H,2-9,20-21H2,1H3,(H,25,32)(H,26,31)(H,27,30)(H,28,29)(H,33,34)(H4,22,23,24). The van der Waals surface area contributed by atoms with E-state index in [-0.39, 0.29) is 25.3 Å². The van der Waals surface area contributed by atoms with Crippen molar-refractivity contribution in [1.29, 1.82) is 0 Å². The second-order valence-corrected chi connectivity index (χ2v) is 7.63. The van der Waals surface area contributed by atoms with Crippen molar-refractivity contribution < 1.29 is 34.2 Å². The highest BCUT2D eigenvalue weighted by molar-refractivity contribution is 5.94. The zero-order chi connectivity index (χ0) is 26.3. The van der Waals surface area contributed by atoms with Gasteiger partial charge in [0.25, 0.3) is 0 Å². The molecule has 34 heavy (non-hydrogen) atoms. The van der Waals surface area contributed by atoms with Crippen LogP contribution in [0, 0.1) is 0 Å². The van der Waals surface area contributed by atoms with Crippen molar-refractivity contribution >= 4 is 35.6 Å². The summed E-state index contributed by atoms with van der Waals surface area (Å²) >= 11 is 0. The SMILES string of the molecule is CC(NC(=O)C(CCCCN)NC(=O)C(N)CCCN=C(N)N)C(=O)NC(CC(=O)O)C(=O)O. The molecule has 13 N–H and O–H groups in total. The molecule has 0 aromatic rings. The van der Waals surface area contributed by atoms with Gasteiger partial charge in [0.2, 0.25) is 17.7 Å². The van der Waals surface area contributed by atoms with E-state index in [9.17, 15) is 24.0 Å². The fourth-order valence-corrected chi connectivity index (χ4v) is 2.74. The minimum Gasteiger partial charge on any atom is -0.481 e. The van der Waals surface area contributed by atoms with Gasteiger partial charge in [0.05, 0.1) is 12.5 Å². The Hall–Kier alpha value is -3.46. The molecule has 0 spiro atoms. The normalized spacial score (nSPS) is 14.1. The number of hydrogen-bond donors (Lipinski definition) is 9. The Labute approximate surface area is 197 Å². The number of aliphatic carboxylic acids is 2. The van der Waals surface area contributed by atoms with Gasteiger partial charge in [0.1, 0.15) is 18.1 Å². The van der Waals surface area contributed by atoms with Crippen LogP contribution < -0.4 is 38.9 Å². The number of nitrogens with two attached hydrogens (primary N) is 4. The largest absolute Gasteiger partial charge is 0.481 e. The number of carboxylic acids is 2. The Morgan fingerprint density at radius 2 is 1.47 bits per heavy atom. The number of carbonyl (C=O) groups excluding carboxylic acids is 3.